The van der Waals surface area contributed by atoms with Crippen molar-refractivity contribution in [2.75, 3.05) is 39.8 Å². The fourth-order valence-corrected chi connectivity index (χ4v) is 1.32. The first-order valence-electron chi connectivity index (χ1n) is 5.81. The molecule has 0 spiro atoms. The maximum atomic E-state index is 8.29. The third-order valence-corrected chi connectivity index (χ3v) is 2.35. The number of unbranched alkanes of at least 4 members (excludes halogenated alkanes) is 3. The zero-order chi connectivity index (χ0) is 10.6. The van der Waals surface area contributed by atoms with Crippen LogP contribution in [0.4, 0.5) is 0 Å². The molecule has 0 bridgehead atoms. The molecule has 14 heavy (non-hydrogen) atoms. The minimum absolute atomic E-state index is 0.361. The van der Waals surface area contributed by atoms with Crippen LogP contribution in [0.15, 0.2) is 0 Å². The highest BCUT2D eigenvalue weighted by molar-refractivity contribution is 4.62. The monoisotopic (exact) mass is 202 g/mol. The molecule has 0 aromatic heterocycles. The largest absolute Gasteiger partial charge is 0.396 e. The van der Waals surface area contributed by atoms with Crippen molar-refractivity contribution in [3.8, 4) is 0 Å². The Balaban J connectivity index is 0.000000241. The van der Waals surface area contributed by atoms with E-state index in [0.29, 0.717) is 6.61 Å². The predicted molar refractivity (Wildman–Crippen MR) is 61.6 cm³/mol. The number of rotatable bonds is 4. The normalized spacial score (nSPS) is 17.4. The quantitative estimate of drug-likeness (QED) is 0.670. The van der Waals surface area contributed by atoms with Gasteiger partial charge < -0.3 is 15.3 Å². The van der Waals surface area contributed by atoms with E-state index in [0.717, 1.165) is 19.5 Å². The lowest BCUT2D eigenvalue weighted by atomic mass is 10.2. The second kappa shape index (κ2) is 11.0. The zero-order valence-corrected chi connectivity index (χ0v) is 9.76. The minimum Gasteiger partial charge on any atom is -0.396 e. The molecule has 1 heterocycles. The summed E-state index contributed by atoms with van der Waals surface area (Å²) in [4.78, 5) is 2.33. The molecule has 0 amide bonds. The molecule has 0 unspecified atom stereocenters. The van der Waals surface area contributed by atoms with E-state index in [1.165, 1.54) is 32.4 Å². The van der Waals surface area contributed by atoms with Gasteiger partial charge in [-0.05, 0) is 13.5 Å². The molecule has 1 aliphatic heterocycles. The van der Waals surface area contributed by atoms with Crippen molar-refractivity contribution in [1.82, 2.24) is 10.2 Å². The molecule has 1 aliphatic rings. The van der Waals surface area contributed by atoms with Crippen molar-refractivity contribution in [3.05, 3.63) is 0 Å². The highest BCUT2D eigenvalue weighted by Gasteiger charge is 2.01. The average molecular weight is 202 g/mol. The molecule has 1 fully saturated rings. The Labute approximate surface area is 88.5 Å². The standard InChI is InChI=1S/C6H14O.C5H12N2/c1-2-3-4-5-6-7;1-7-4-2-6-3-5-7/h7H,2-6H2,1H3;6H,2-5H2,1H3. The highest BCUT2D eigenvalue weighted by Crippen LogP contribution is 1.96. The fraction of sp³-hybridized carbons (Fsp3) is 1.00. The Morgan fingerprint density at radius 3 is 2.14 bits per heavy atom. The molecule has 1 saturated heterocycles. The van der Waals surface area contributed by atoms with Gasteiger partial charge in [0.15, 0.2) is 0 Å². The number of hydrogen-bond acceptors (Lipinski definition) is 3. The summed E-state index contributed by atoms with van der Waals surface area (Å²) in [5.74, 6) is 0. The van der Waals surface area contributed by atoms with Gasteiger partial charge in [-0.15, -0.1) is 0 Å². The Morgan fingerprint density at radius 2 is 1.79 bits per heavy atom. The average Bonchev–Trinajstić information content (AvgIpc) is 2.21. The van der Waals surface area contributed by atoms with Gasteiger partial charge in [0.2, 0.25) is 0 Å². The number of hydrogen-bond donors (Lipinski definition) is 2. The van der Waals surface area contributed by atoms with E-state index in [1.54, 1.807) is 0 Å². The molecule has 3 nitrogen and oxygen atoms in total. The van der Waals surface area contributed by atoms with Crippen molar-refractivity contribution in [1.29, 1.82) is 0 Å². The summed E-state index contributed by atoms with van der Waals surface area (Å²) in [6.45, 7) is 7.27. The van der Waals surface area contributed by atoms with Crippen LogP contribution in [-0.4, -0.2) is 49.8 Å². The maximum absolute atomic E-state index is 8.29. The van der Waals surface area contributed by atoms with Crippen LogP contribution in [0.1, 0.15) is 32.6 Å². The molecule has 0 radical (unpaired) electrons. The second-order valence-corrected chi connectivity index (χ2v) is 3.84. The summed E-state index contributed by atoms with van der Waals surface area (Å²) in [5.41, 5.74) is 0. The van der Waals surface area contributed by atoms with Crippen LogP contribution in [0.2, 0.25) is 0 Å². The topological polar surface area (TPSA) is 35.5 Å². The minimum atomic E-state index is 0.361. The summed E-state index contributed by atoms with van der Waals surface area (Å²) in [6.07, 6.45) is 4.68. The van der Waals surface area contributed by atoms with E-state index in [4.69, 9.17) is 5.11 Å². The van der Waals surface area contributed by atoms with Crippen LogP contribution in [0.25, 0.3) is 0 Å². The fourth-order valence-electron chi connectivity index (χ4n) is 1.32. The Kier molecular flexibility index (Phi) is 10.9. The van der Waals surface area contributed by atoms with Crippen molar-refractivity contribution < 1.29 is 5.11 Å². The molecule has 1 rings (SSSR count). The van der Waals surface area contributed by atoms with Crippen LogP contribution >= 0.6 is 0 Å². The van der Waals surface area contributed by atoms with Gasteiger partial charge in [0.05, 0.1) is 0 Å². The first-order valence-corrected chi connectivity index (χ1v) is 5.81. The van der Waals surface area contributed by atoms with Gasteiger partial charge in [-0.1, -0.05) is 26.2 Å². The van der Waals surface area contributed by atoms with Crippen molar-refractivity contribution in [2.45, 2.75) is 32.6 Å². The van der Waals surface area contributed by atoms with Crippen LogP contribution in [-0.2, 0) is 0 Å². The number of nitrogens with zero attached hydrogens (tertiary/aromatic N) is 1. The summed E-state index contributed by atoms with van der Waals surface area (Å²) < 4.78 is 0. The smallest absolute Gasteiger partial charge is 0.0431 e. The van der Waals surface area contributed by atoms with E-state index in [1.807, 2.05) is 0 Å². The Bertz CT molecular complexity index is 99.5. The van der Waals surface area contributed by atoms with Crippen LogP contribution in [0.3, 0.4) is 0 Å². The lowest BCUT2D eigenvalue weighted by molar-refractivity contribution is 0.283. The van der Waals surface area contributed by atoms with E-state index in [-0.39, 0.29) is 0 Å². The van der Waals surface area contributed by atoms with Gasteiger partial charge >= 0.3 is 0 Å². The summed E-state index contributed by atoms with van der Waals surface area (Å²) in [5, 5.41) is 11.6. The van der Waals surface area contributed by atoms with Crippen LogP contribution < -0.4 is 5.32 Å². The maximum Gasteiger partial charge on any atom is 0.0431 e. The molecule has 0 saturated carbocycles. The van der Waals surface area contributed by atoms with E-state index in [2.05, 4.69) is 24.2 Å². The molecule has 2 N–H and O–H groups in total. The molecule has 86 valence electrons. The van der Waals surface area contributed by atoms with Gasteiger partial charge in [-0.3, -0.25) is 0 Å². The van der Waals surface area contributed by atoms with Gasteiger partial charge in [0, 0.05) is 32.8 Å². The summed E-state index contributed by atoms with van der Waals surface area (Å²) in [6, 6.07) is 0. The number of piperazine rings is 1. The highest BCUT2D eigenvalue weighted by atomic mass is 16.2. The SMILES string of the molecule is CCCCCCO.CN1CCNCC1. The van der Waals surface area contributed by atoms with Gasteiger partial charge in [0.25, 0.3) is 0 Å². The van der Waals surface area contributed by atoms with E-state index in [9.17, 15) is 0 Å². The number of aliphatic hydroxyl groups excluding tert-OH is 1. The summed E-state index contributed by atoms with van der Waals surface area (Å²) >= 11 is 0. The van der Waals surface area contributed by atoms with Crippen LogP contribution in [0, 0.1) is 0 Å². The predicted octanol–water partition coefficient (Wildman–Crippen LogP) is 1.08. The molecular weight excluding hydrogens is 176 g/mol. The zero-order valence-electron chi connectivity index (χ0n) is 9.76. The Hall–Kier alpha value is -0.120. The summed E-state index contributed by atoms with van der Waals surface area (Å²) in [7, 11) is 2.15. The molecule has 0 aromatic carbocycles. The van der Waals surface area contributed by atoms with Crippen molar-refractivity contribution >= 4 is 0 Å². The first-order chi connectivity index (χ1) is 6.81. The van der Waals surface area contributed by atoms with E-state index < -0.39 is 0 Å². The van der Waals surface area contributed by atoms with E-state index >= 15 is 0 Å². The van der Waals surface area contributed by atoms with Gasteiger partial charge in [-0.2, -0.15) is 0 Å². The molecule has 3 heteroatoms. The second-order valence-electron chi connectivity index (χ2n) is 3.84. The van der Waals surface area contributed by atoms with Crippen molar-refractivity contribution in [2.24, 2.45) is 0 Å². The number of nitrogens with one attached hydrogen (secondary N) is 1. The molecule has 0 atom stereocenters. The lowest BCUT2D eigenvalue weighted by Crippen LogP contribution is -2.40. The Morgan fingerprint density at radius 1 is 1.14 bits per heavy atom. The van der Waals surface area contributed by atoms with Gasteiger partial charge in [-0.25, -0.2) is 0 Å². The third-order valence-electron chi connectivity index (χ3n) is 2.35. The van der Waals surface area contributed by atoms with Gasteiger partial charge in [0.1, 0.15) is 0 Å². The van der Waals surface area contributed by atoms with Crippen molar-refractivity contribution in [3.63, 3.8) is 0 Å². The first kappa shape index (κ1) is 13.9. The molecule has 0 aliphatic carbocycles. The number of aliphatic hydroxyl groups is 1. The molecular formula is C11H26N2O. The third kappa shape index (κ3) is 9.96. The lowest BCUT2D eigenvalue weighted by Gasteiger charge is -2.21. The number of likely N-dealkylation sites (N-methyl/N-ethyl adjacent to an activating group) is 1. The molecule has 0 aromatic rings. The van der Waals surface area contributed by atoms with Crippen LogP contribution in [0.5, 0.6) is 0 Å².